The monoisotopic (exact) mass is 419 g/mol. The Morgan fingerprint density at radius 1 is 1.13 bits per heavy atom. The van der Waals surface area contributed by atoms with E-state index in [1.165, 1.54) is 12.8 Å². The minimum Gasteiger partial charge on any atom is -0.497 e. The summed E-state index contributed by atoms with van der Waals surface area (Å²) in [6.07, 6.45) is 2.89. The zero-order valence-electron chi connectivity index (χ0n) is 18.4. The minimum atomic E-state index is 0.158. The number of hydrogen-bond donors (Lipinski definition) is 0. The number of carbonyl (C=O) groups is 1. The molecule has 0 atom stereocenters. The second-order valence-electron chi connectivity index (χ2n) is 7.97. The fraction of sp³-hybridized carbons (Fsp3) is 0.360. The second kappa shape index (κ2) is 9.25. The molecule has 1 saturated carbocycles. The molecule has 1 fully saturated rings. The third-order valence-electron chi connectivity index (χ3n) is 5.57. The Morgan fingerprint density at radius 3 is 2.55 bits per heavy atom. The fourth-order valence-electron chi connectivity index (χ4n) is 3.63. The molecule has 0 spiro atoms. The molecule has 6 heteroatoms. The summed E-state index contributed by atoms with van der Waals surface area (Å²) in [5.41, 5.74) is 2.69. The summed E-state index contributed by atoms with van der Waals surface area (Å²) in [6, 6.07) is 17.4. The lowest BCUT2D eigenvalue weighted by Gasteiger charge is -2.23. The zero-order valence-corrected chi connectivity index (χ0v) is 18.4. The van der Waals surface area contributed by atoms with Crippen molar-refractivity contribution in [2.75, 3.05) is 13.7 Å². The van der Waals surface area contributed by atoms with Crippen LogP contribution >= 0.6 is 0 Å². The van der Waals surface area contributed by atoms with Gasteiger partial charge in [-0.1, -0.05) is 31.2 Å². The van der Waals surface area contributed by atoms with Crippen LogP contribution in [-0.4, -0.2) is 34.2 Å². The second-order valence-corrected chi connectivity index (χ2v) is 7.97. The molecule has 31 heavy (non-hydrogen) atoms. The summed E-state index contributed by atoms with van der Waals surface area (Å²) < 4.78 is 13.5. The van der Waals surface area contributed by atoms with Gasteiger partial charge >= 0.3 is 0 Å². The van der Waals surface area contributed by atoms with Crippen LogP contribution in [0, 0.1) is 12.8 Å². The molecule has 1 aromatic heterocycles. The molecule has 1 heterocycles. The van der Waals surface area contributed by atoms with Crippen LogP contribution in [0.2, 0.25) is 0 Å². The molecule has 2 aromatic carbocycles. The van der Waals surface area contributed by atoms with Crippen LogP contribution in [-0.2, 0) is 11.3 Å². The van der Waals surface area contributed by atoms with Gasteiger partial charge in [-0.3, -0.25) is 4.79 Å². The third-order valence-corrected chi connectivity index (χ3v) is 5.57. The first-order valence-electron chi connectivity index (χ1n) is 10.8. The first-order chi connectivity index (χ1) is 15.1. The van der Waals surface area contributed by atoms with Crippen molar-refractivity contribution < 1.29 is 14.3 Å². The highest BCUT2D eigenvalue weighted by molar-refractivity contribution is 5.76. The first-order valence-corrected chi connectivity index (χ1v) is 10.8. The van der Waals surface area contributed by atoms with E-state index >= 15 is 0 Å². The van der Waals surface area contributed by atoms with Crippen molar-refractivity contribution in [1.82, 2.24) is 14.7 Å². The van der Waals surface area contributed by atoms with Crippen molar-refractivity contribution in [2.24, 2.45) is 5.92 Å². The van der Waals surface area contributed by atoms with Gasteiger partial charge in [-0.25, -0.2) is 4.68 Å². The topological polar surface area (TPSA) is 56.6 Å². The number of ether oxygens (including phenoxy) is 2. The molecule has 0 radical (unpaired) electrons. The van der Waals surface area contributed by atoms with Gasteiger partial charge in [0.1, 0.15) is 11.5 Å². The van der Waals surface area contributed by atoms with Gasteiger partial charge in [0, 0.05) is 19.0 Å². The largest absolute Gasteiger partial charge is 0.497 e. The van der Waals surface area contributed by atoms with E-state index < -0.39 is 0 Å². The van der Waals surface area contributed by atoms with Crippen LogP contribution in [0.1, 0.15) is 37.4 Å². The van der Waals surface area contributed by atoms with Gasteiger partial charge in [-0.2, -0.15) is 5.10 Å². The molecule has 0 bridgehead atoms. The Kier molecular flexibility index (Phi) is 6.26. The first kappa shape index (κ1) is 21.0. The summed E-state index contributed by atoms with van der Waals surface area (Å²) in [7, 11) is 1.63. The summed E-state index contributed by atoms with van der Waals surface area (Å²) in [5, 5.41) is 4.78. The minimum absolute atomic E-state index is 0.158. The standard InChI is InChI=1S/C25H29N3O3/c1-4-24(29)27(16-19-13-14-19)17-23-18(2)26-28(20-9-6-5-7-10-20)25(23)31-22-12-8-11-21(15-22)30-3/h5-12,15,19H,4,13-14,16-17H2,1-3H3. The van der Waals surface area contributed by atoms with Crippen molar-refractivity contribution >= 4 is 5.91 Å². The number of nitrogens with zero attached hydrogens (tertiary/aromatic N) is 3. The van der Waals surface area contributed by atoms with Crippen molar-refractivity contribution in [3.05, 3.63) is 65.9 Å². The number of aromatic nitrogens is 2. The molecule has 1 amide bonds. The molecule has 3 aromatic rings. The molecule has 0 unspecified atom stereocenters. The van der Waals surface area contributed by atoms with E-state index in [1.807, 2.05) is 78.0 Å². The summed E-state index contributed by atoms with van der Waals surface area (Å²) in [6.45, 7) is 5.16. The van der Waals surface area contributed by atoms with Gasteiger partial charge in [-0.15, -0.1) is 0 Å². The highest BCUT2D eigenvalue weighted by Crippen LogP contribution is 2.35. The van der Waals surface area contributed by atoms with Crippen LogP contribution in [0.3, 0.4) is 0 Å². The Balaban J connectivity index is 1.74. The Labute approximate surface area is 183 Å². The van der Waals surface area contributed by atoms with Gasteiger partial charge < -0.3 is 14.4 Å². The number of benzene rings is 2. The van der Waals surface area contributed by atoms with E-state index in [-0.39, 0.29) is 5.91 Å². The predicted molar refractivity (Wildman–Crippen MR) is 120 cm³/mol. The number of aryl methyl sites for hydroxylation is 1. The molecule has 1 aliphatic carbocycles. The van der Waals surface area contributed by atoms with Crippen molar-refractivity contribution in [1.29, 1.82) is 0 Å². The van der Waals surface area contributed by atoms with Gasteiger partial charge in [0.2, 0.25) is 11.8 Å². The van der Waals surface area contributed by atoms with E-state index in [0.717, 1.165) is 29.2 Å². The Morgan fingerprint density at radius 2 is 1.87 bits per heavy atom. The Hall–Kier alpha value is -3.28. The highest BCUT2D eigenvalue weighted by atomic mass is 16.5. The molecule has 0 saturated heterocycles. The molecular weight excluding hydrogens is 390 g/mol. The number of methoxy groups -OCH3 is 1. The quantitative estimate of drug-likeness (QED) is 0.482. The molecule has 6 nitrogen and oxygen atoms in total. The van der Waals surface area contributed by atoms with E-state index in [2.05, 4.69) is 0 Å². The summed E-state index contributed by atoms with van der Waals surface area (Å²) in [4.78, 5) is 14.6. The van der Waals surface area contributed by atoms with Crippen LogP contribution < -0.4 is 9.47 Å². The van der Waals surface area contributed by atoms with Crippen molar-refractivity contribution in [3.63, 3.8) is 0 Å². The number of amides is 1. The smallest absolute Gasteiger partial charge is 0.227 e. The Bertz CT molecular complexity index is 1040. The lowest BCUT2D eigenvalue weighted by molar-refractivity contribution is -0.131. The van der Waals surface area contributed by atoms with Crippen LogP contribution in [0.15, 0.2) is 54.6 Å². The van der Waals surface area contributed by atoms with Crippen molar-refractivity contribution in [2.45, 2.75) is 39.7 Å². The van der Waals surface area contributed by atoms with Crippen molar-refractivity contribution in [3.8, 4) is 23.1 Å². The maximum absolute atomic E-state index is 12.7. The molecule has 0 aliphatic heterocycles. The molecule has 4 rings (SSSR count). The fourth-order valence-corrected chi connectivity index (χ4v) is 3.63. The normalized spacial score (nSPS) is 13.1. The molecular formula is C25H29N3O3. The average molecular weight is 420 g/mol. The number of para-hydroxylation sites is 1. The van der Waals surface area contributed by atoms with Gasteiger partial charge in [0.15, 0.2) is 0 Å². The number of rotatable bonds is 9. The molecule has 0 N–H and O–H groups in total. The van der Waals surface area contributed by atoms with Crippen LogP contribution in [0.25, 0.3) is 5.69 Å². The zero-order chi connectivity index (χ0) is 21.8. The van der Waals surface area contributed by atoms with Crippen LogP contribution in [0.4, 0.5) is 0 Å². The molecule has 162 valence electrons. The maximum Gasteiger partial charge on any atom is 0.227 e. The number of hydrogen-bond acceptors (Lipinski definition) is 4. The highest BCUT2D eigenvalue weighted by Gasteiger charge is 2.29. The van der Waals surface area contributed by atoms with Crippen LogP contribution in [0.5, 0.6) is 17.4 Å². The average Bonchev–Trinajstić information content (AvgIpc) is 3.58. The lowest BCUT2D eigenvalue weighted by atomic mass is 10.2. The molecule has 1 aliphatic rings. The lowest BCUT2D eigenvalue weighted by Crippen LogP contribution is -2.32. The number of carbonyl (C=O) groups excluding carboxylic acids is 1. The van der Waals surface area contributed by atoms with Gasteiger partial charge in [-0.05, 0) is 49.9 Å². The van der Waals surface area contributed by atoms with Gasteiger partial charge in [0.05, 0.1) is 30.6 Å². The van der Waals surface area contributed by atoms with E-state index in [1.54, 1.807) is 7.11 Å². The summed E-state index contributed by atoms with van der Waals surface area (Å²) >= 11 is 0. The SMILES string of the molecule is CCC(=O)N(Cc1c(C)nn(-c2ccccc2)c1Oc1cccc(OC)c1)CC1CC1. The third kappa shape index (κ3) is 4.90. The predicted octanol–water partition coefficient (Wildman–Crippen LogP) is 5.13. The summed E-state index contributed by atoms with van der Waals surface area (Å²) in [5.74, 6) is 2.78. The maximum atomic E-state index is 12.7. The van der Waals surface area contributed by atoms with Gasteiger partial charge in [0.25, 0.3) is 0 Å². The van der Waals surface area contributed by atoms with E-state index in [9.17, 15) is 4.79 Å². The van der Waals surface area contributed by atoms with E-state index in [4.69, 9.17) is 14.6 Å². The van der Waals surface area contributed by atoms with E-state index in [0.29, 0.717) is 30.5 Å².